The number of nitrogens with two attached hydrogens (primary N) is 1. The first-order valence-corrected chi connectivity index (χ1v) is 40.0. The van der Waals surface area contributed by atoms with Gasteiger partial charge in [0.15, 0.2) is 0 Å². The van der Waals surface area contributed by atoms with Gasteiger partial charge in [-0.2, -0.15) is 0 Å². The normalized spacial score (nSPS) is 14.2. The Kier molecular flexibility index (Phi) is 46.0. The van der Waals surface area contributed by atoms with E-state index < -0.39 is 72.4 Å². The zero-order valence-corrected chi connectivity index (χ0v) is 67.8. The number of carbonyl (C=O) groups is 11. The number of phenols is 1. The van der Waals surface area contributed by atoms with Gasteiger partial charge in [0.05, 0.1) is 51.9 Å². The Balaban J connectivity index is 1.13. The van der Waals surface area contributed by atoms with Crippen molar-refractivity contribution in [2.45, 2.75) is 208 Å². The van der Waals surface area contributed by atoms with Gasteiger partial charge in [-0.05, 0) is 125 Å². The molecule has 34 heteroatoms. The summed E-state index contributed by atoms with van der Waals surface area (Å²) in [7, 11) is 1.91. The summed E-state index contributed by atoms with van der Waals surface area (Å²) in [6.07, 6.45) is 6.08. The van der Waals surface area contributed by atoms with Crippen LogP contribution in [-0.2, 0) is 79.8 Å². The number of rotatable bonds is 57. The SMILES string of the molecule is CCCCN(C)CC(=O)NC(C(=O)N(CCC)C(CC(OCCC)c1nc(C(O)NC(CCC(=O)NNC(=O)OCCOCCOCCOCCNC(=O)OCc2ccc(NC(=O)C(CCCNC(N)=O)NC(=O)C(NC(=O)CCCCCN3C(=O)C=CC3=O)C(C)C)cc2)Cc2ccc(O)cc2)cs1)C(C)C)C(C)CC. The van der Waals surface area contributed by atoms with Crippen molar-refractivity contribution >= 4 is 82.5 Å². The van der Waals surface area contributed by atoms with Crippen LogP contribution in [0.3, 0.4) is 0 Å². The second-order valence-electron chi connectivity index (χ2n) is 28.3. The lowest BCUT2D eigenvalue weighted by molar-refractivity contribution is -0.142. The molecule has 112 heavy (non-hydrogen) atoms. The highest BCUT2D eigenvalue weighted by molar-refractivity contribution is 7.09. The van der Waals surface area contributed by atoms with Crippen molar-refractivity contribution in [3.63, 3.8) is 0 Å². The van der Waals surface area contributed by atoms with Crippen LogP contribution in [0.4, 0.5) is 20.1 Å². The van der Waals surface area contributed by atoms with Gasteiger partial charge in [-0.15, -0.1) is 11.3 Å². The van der Waals surface area contributed by atoms with E-state index in [1.54, 1.807) is 67.8 Å². The lowest BCUT2D eigenvalue weighted by Gasteiger charge is -2.39. The number of aliphatic hydroxyl groups is 1. The number of aromatic nitrogens is 1. The minimum Gasteiger partial charge on any atom is -0.508 e. The van der Waals surface area contributed by atoms with Crippen LogP contribution in [-0.4, -0.2) is 225 Å². The van der Waals surface area contributed by atoms with E-state index in [9.17, 15) is 63.0 Å². The highest BCUT2D eigenvalue weighted by Crippen LogP contribution is 2.33. The summed E-state index contributed by atoms with van der Waals surface area (Å²) in [4.78, 5) is 151. The molecule has 1 aromatic heterocycles. The largest absolute Gasteiger partial charge is 0.508 e. The molecule has 33 nitrogen and oxygen atoms in total. The highest BCUT2D eigenvalue weighted by Gasteiger charge is 2.37. The van der Waals surface area contributed by atoms with Crippen molar-refractivity contribution < 1.29 is 91.4 Å². The average Bonchev–Trinajstić information content (AvgIpc) is 1.21. The molecule has 0 spiro atoms. The van der Waals surface area contributed by atoms with Crippen LogP contribution in [0.15, 0.2) is 66.1 Å². The van der Waals surface area contributed by atoms with Crippen molar-refractivity contribution in [1.29, 1.82) is 0 Å². The van der Waals surface area contributed by atoms with E-state index >= 15 is 0 Å². The Bertz CT molecular complexity index is 3370. The number of hydrogen-bond donors (Lipinski definition) is 12. The number of hydrogen-bond acceptors (Lipinski definition) is 23. The summed E-state index contributed by atoms with van der Waals surface area (Å²) < 4.78 is 33.5. The molecule has 1 aliphatic heterocycles. The standard InChI is InChI=1S/C78H124N14O19S/c1-11-15-37-90(10)49-66(96)87-70(54(9)14-4)75(102)91(36-12-2)62(52(5)6)48-63(109-39-13-3)74-85-61(51-112-74)72(100)83-58(47-55-24-29-59(93)30-25-55)28-31-65(95)88-89-78(105)110-46-45-108-44-43-107-42-41-106-40-35-81-77(104)111-50-56-22-26-57(27-23-56)82-71(99)60(20-19-34-80-76(79)103)84-73(101)69(53(7)8)86-64(94)21-17-16-18-38-92-67(97)32-33-68(92)98/h22-27,29-30,32-33,51-54,58,60,62-63,69-70,72,83,93,100H,11-21,28,31,34-50H2,1-10H3,(H,81,104)(H,82,99)(H,84,101)(H,86,94)(H,87,96)(H,88,95)(H,89,105)(H3,79,80,103). The summed E-state index contributed by atoms with van der Waals surface area (Å²) >= 11 is 1.34. The van der Waals surface area contributed by atoms with Gasteiger partial charge in [0, 0.05) is 87.4 Å². The first-order chi connectivity index (χ1) is 53.7. The molecule has 1 aliphatic rings. The summed E-state index contributed by atoms with van der Waals surface area (Å²) in [5, 5.41) is 43.8. The van der Waals surface area contributed by atoms with E-state index in [1.807, 2.05) is 44.5 Å². The second kappa shape index (κ2) is 53.9. The molecule has 2 heterocycles. The predicted molar refractivity (Wildman–Crippen MR) is 421 cm³/mol. The van der Waals surface area contributed by atoms with Crippen LogP contribution in [0.1, 0.15) is 186 Å². The quantitative estimate of drug-likeness (QED) is 0.0125. The Morgan fingerprint density at radius 2 is 1.29 bits per heavy atom. The molecule has 0 saturated heterocycles. The van der Waals surface area contributed by atoms with E-state index in [0.29, 0.717) is 80.0 Å². The number of primary amides is 1. The number of aliphatic hydroxyl groups excluding tert-OH is 1. The van der Waals surface area contributed by atoms with E-state index in [4.69, 9.17) is 39.1 Å². The fourth-order valence-corrected chi connectivity index (χ4v) is 12.7. The van der Waals surface area contributed by atoms with Gasteiger partial charge in [-0.25, -0.2) is 24.8 Å². The summed E-state index contributed by atoms with van der Waals surface area (Å²) in [6, 6.07) is 8.79. The number of carbonyl (C=O) groups excluding carboxylic acids is 11. The number of ether oxygens (including phenoxy) is 6. The van der Waals surface area contributed by atoms with Gasteiger partial charge in [0.2, 0.25) is 35.4 Å². The summed E-state index contributed by atoms with van der Waals surface area (Å²) in [5.41, 5.74) is 11.9. The fourth-order valence-electron chi connectivity index (χ4n) is 11.8. The predicted octanol–water partition coefficient (Wildman–Crippen LogP) is 6.44. The van der Waals surface area contributed by atoms with Crippen LogP contribution >= 0.6 is 11.3 Å². The number of nitrogens with one attached hydrogen (secondary N) is 9. The zero-order valence-electron chi connectivity index (χ0n) is 66.9. The topological polar surface area (TPSA) is 441 Å². The maximum absolute atomic E-state index is 14.8. The maximum atomic E-state index is 14.8. The first kappa shape index (κ1) is 95.5. The molecule has 0 aliphatic carbocycles. The van der Waals surface area contributed by atoms with Gasteiger partial charge in [0.1, 0.15) is 54.4 Å². The molecule has 0 saturated carbocycles. The van der Waals surface area contributed by atoms with E-state index in [2.05, 4.69) is 68.8 Å². The van der Waals surface area contributed by atoms with Gasteiger partial charge >= 0.3 is 18.2 Å². The lowest BCUT2D eigenvalue weighted by Crippen LogP contribution is -2.56. The Morgan fingerprint density at radius 1 is 0.634 bits per heavy atom. The number of imide groups is 1. The number of anilines is 1. The highest BCUT2D eigenvalue weighted by atomic mass is 32.1. The number of benzene rings is 2. The summed E-state index contributed by atoms with van der Waals surface area (Å²) in [5.74, 6) is -3.48. The number of phenolic OH excluding ortho intramolecular Hbond substituents is 1. The monoisotopic (exact) mass is 1590 g/mol. The van der Waals surface area contributed by atoms with Crippen molar-refractivity contribution in [1.82, 2.24) is 62.4 Å². The van der Waals surface area contributed by atoms with Crippen LogP contribution < -0.4 is 53.8 Å². The summed E-state index contributed by atoms with van der Waals surface area (Å²) in [6.45, 7) is 21.1. The number of amides is 12. The van der Waals surface area contributed by atoms with E-state index in [0.717, 1.165) is 36.3 Å². The molecule has 0 radical (unpaired) electrons. The average molecular weight is 1590 g/mol. The van der Waals surface area contributed by atoms with E-state index in [1.165, 1.54) is 23.5 Å². The molecule has 3 aromatic rings. The van der Waals surface area contributed by atoms with Crippen molar-refractivity contribution in [3.8, 4) is 5.75 Å². The van der Waals surface area contributed by atoms with Gasteiger partial charge in [-0.3, -0.25) is 58.9 Å². The lowest BCUT2D eigenvalue weighted by atomic mass is 9.92. The molecule has 12 amide bonds. The van der Waals surface area contributed by atoms with Crippen molar-refractivity contribution in [2.24, 2.45) is 23.5 Å². The van der Waals surface area contributed by atoms with Crippen LogP contribution in [0.25, 0.3) is 0 Å². The minimum atomic E-state index is -1.27. The van der Waals surface area contributed by atoms with Crippen LogP contribution in [0.2, 0.25) is 0 Å². The number of thiazole rings is 1. The molecule has 0 bridgehead atoms. The molecular weight excluding hydrogens is 1470 g/mol. The van der Waals surface area contributed by atoms with Crippen LogP contribution in [0.5, 0.6) is 5.75 Å². The van der Waals surface area contributed by atoms with Gasteiger partial charge < -0.3 is 81.2 Å². The number of nitrogens with zero attached hydrogens (tertiary/aromatic N) is 4. The van der Waals surface area contributed by atoms with Gasteiger partial charge in [-0.1, -0.05) is 106 Å². The Morgan fingerprint density at radius 3 is 1.93 bits per heavy atom. The maximum Gasteiger partial charge on any atom is 0.426 e. The van der Waals surface area contributed by atoms with Crippen LogP contribution in [0, 0.1) is 17.8 Å². The van der Waals surface area contributed by atoms with Crippen molar-refractivity contribution in [3.05, 3.63) is 87.9 Å². The number of likely N-dealkylation sites (N-methyl/N-ethyl adjacent to an activating group) is 1. The third-order valence-electron chi connectivity index (χ3n) is 18.3. The number of hydrazine groups is 1. The number of unbranched alkanes of at least 4 members (excludes halogenated alkanes) is 3. The zero-order chi connectivity index (χ0) is 82.3. The van der Waals surface area contributed by atoms with Gasteiger partial charge in [0.25, 0.3) is 11.8 Å². The molecule has 0 fully saturated rings. The Hall–Kier alpha value is -8.90. The molecule has 13 N–H and O–H groups in total. The third-order valence-corrected chi connectivity index (χ3v) is 19.3. The molecule has 626 valence electrons. The molecule has 8 unspecified atom stereocenters. The first-order valence-electron chi connectivity index (χ1n) is 39.2. The molecular formula is C78H124N14O19S. The Labute approximate surface area is 662 Å². The number of aromatic hydroxyl groups is 1. The second-order valence-corrected chi connectivity index (χ2v) is 29.2. The number of alkyl carbamates (subject to hydrolysis) is 1. The molecule has 4 rings (SSSR count). The minimum absolute atomic E-state index is 0.00904. The van der Waals surface area contributed by atoms with Crippen molar-refractivity contribution in [2.75, 3.05) is 104 Å². The third kappa shape index (κ3) is 37.6. The van der Waals surface area contributed by atoms with E-state index in [-0.39, 0.29) is 170 Å². The molecule has 8 atom stereocenters. The fraction of sp³-hybridized carbons (Fsp3) is 0.641. The molecule has 2 aromatic carbocycles. The number of urea groups is 1. The smallest absolute Gasteiger partial charge is 0.426 e.